The van der Waals surface area contributed by atoms with Crippen LogP contribution in [0.5, 0.6) is 0 Å². The van der Waals surface area contributed by atoms with Crippen LogP contribution in [-0.2, 0) is 4.79 Å². The Kier molecular flexibility index (Phi) is 5.89. The second-order valence-electron chi connectivity index (χ2n) is 5.84. The van der Waals surface area contributed by atoms with E-state index in [1.54, 1.807) is 11.8 Å². The molecule has 2 aromatic carbocycles. The summed E-state index contributed by atoms with van der Waals surface area (Å²) in [7, 11) is 0. The number of carbonyl (C=O) groups is 1. The molecule has 0 aromatic heterocycles. The lowest BCUT2D eigenvalue weighted by Gasteiger charge is -2.28. The van der Waals surface area contributed by atoms with Crippen molar-refractivity contribution in [3.63, 3.8) is 0 Å². The summed E-state index contributed by atoms with van der Waals surface area (Å²) in [6.45, 7) is 5.09. The van der Waals surface area contributed by atoms with E-state index in [4.69, 9.17) is 0 Å². The molecule has 1 amide bonds. The number of piperidine rings is 1. The van der Waals surface area contributed by atoms with Crippen LogP contribution in [0.1, 0.15) is 37.8 Å². The summed E-state index contributed by atoms with van der Waals surface area (Å²) in [5, 5.41) is 0. The fraction of sp³-hybridized carbons (Fsp3) is 0.350. The van der Waals surface area contributed by atoms with Gasteiger partial charge in [-0.05, 0) is 50.5 Å². The van der Waals surface area contributed by atoms with Crippen LogP contribution in [0.3, 0.4) is 0 Å². The van der Waals surface area contributed by atoms with Gasteiger partial charge >= 0.3 is 0 Å². The molecule has 0 unspecified atom stereocenters. The molecular weight excluding hydrogens is 302 g/mol. The average Bonchev–Trinajstić information content (AvgIpc) is 2.51. The van der Waals surface area contributed by atoms with Gasteiger partial charge < -0.3 is 4.90 Å². The number of nitrogens with zero attached hydrogens (tertiary/aromatic N) is 1. The summed E-state index contributed by atoms with van der Waals surface area (Å²) in [5.41, 5.74) is 3.61. The summed E-state index contributed by atoms with van der Waals surface area (Å²) in [6.07, 6.45) is 2.78. The number of hydrogen-bond donors (Lipinski definition) is 0. The first-order valence-corrected chi connectivity index (χ1v) is 8.61. The second-order valence-corrected chi connectivity index (χ2v) is 6.92. The molecule has 122 valence electrons. The molecule has 1 aliphatic heterocycles. The van der Waals surface area contributed by atoms with Crippen molar-refractivity contribution >= 4 is 23.4 Å². The van der Waals surface area contributed by atoms with Crippen molar-refractivity contribution in [1.82, 2.24) is 0 Å². The Morgan fingerprint density at radius 3 is 2.52 bits per heavy atom. The van der Waals surface area contributed by atoms with Gasteiger partial charge in [0.25, 0.3) is 0 Å². The zero-order chi connectivity index (χ0) is 15.5. The SMILES string of the molecule is C.Cc1ccc(Sc2ccccc2N2CCCCC2=O)c(C)c1. The van der Waals surface area contributed by atoms with Crippen LogP contribution in [0.2, 0.25) is 0 Å². The summed E-state index contributed by atoms with van der Waals surface area (Å²) in [6, 6.07) is 14.8. The molecule has 0 aliphatic carbocycles. The van der Waals surface area contributed by atoms with Gasteiger partial charge in [-0.1, -0.05) is 49.0 Å². The average molecular weight is 327 g/mol. The van der Waals surface area contributed by atoms with Gasteiger partial charge in [0, 0.05) is 22.8 Å². The normalized spacial score (nSPS) is 14.5. The lowest BCUT2D eigenvalue weighted by Crippen LogP contribution is -2.35. The van der Waals surface area contributed by atoms with E-state index in [1.807, 2.05) is 17.0 Å². The van der Waals surface area contributed by atoms with E-state index in [2.05, 4.69) is 44.2 Å². The van der Waals surface area contributed by atoms with Crippen LogP contribution < -0.4 is 4.90 Å². The molecule has 23 heavy (non-hydrogen) atoms. The van der Waals surface area contributed by atoms with Crippen molar-refractivity contribution in [2.24, 2.45) is 0 Å². The minimum Gasteiger partial charge on any atom is -0.311 e. The Hall–Kier alpha value is -1.74. The lowest BCUT2D eigenvalue weighted by atomic mass is 10.1. The van der Waals surface area contributed by atoms with Gasteiger partial charge in [-0.15, -0.1) is 0 Å². The molecule has 3 rings (SSSR count). The first-order valence-electron chi connectivity index (χ1n) is 7.79. The standard InChI is InChI=1S/C19H21NOS.CH4/c1-14-10-11-17(15(2)13-14)22-18-8-4-3-7-16(18)20-12-6-5-9-19(20)21;/h3-4,7-8,10-11,13H,5-6,9,12H2,1-2H3;1H4. The molecule has 0 spiro atoms. The number of amides is 1. The Morgan fingerprint density at radius 2 is 1.78 bits per heavy atom. The molecule has 0 radical (unpaired) electrons. The predicted molar refractivity (Wildman–Crippen MR) is 99.4 cm³/mol. The first kappa shape index (κ1) is 17.6. The summed E-state index contributed by atoms with van der Waals surface area (Å²) in [5.74, 6) is 0.250. The Morgan fingerprint density at radius 1 is 1.00 bits per heavy atom. The number of benzene rings is 2. The van der Waals surface area contributed by atoms with Crippen molar-refractivity contribution in [2.45, 2.75) is 50.3 Å². The van der Waals surface area contributed by atoms with Crippen molar-refractivity contribution in [2.75, 3.05) is 11.4 Å². The highest BCUT2D eigenvalue weighted by Crippen LogP contribution is 2.38. The number of anilines is 1. The molecule has 1 heterocycles. The number of aryl methyl sites for hydroxylation is 2. The second kappa shape index (κ2) is 7.69. The number of rotatable bonds is 3. The maximum Gasteiger partial charge on any atom is 0.227 e. The third-order valence-electron chi connectivity index (χ3n) is 4.03. The van der Waals surface area contributed by atoms with E-state index in [0.717, 1.165) is 30.0 Å². The highest BCUT2D eigenvalue weighted by Gasteiger charge is 2.22. The molecule has 1 fully saturated rings. The Bertz CT molecular complexity index is 696. The monoisotopic (exact) mass is 327 g/mol. The van der Waals surface area contributed by atoms with E-state index in [1.165, 1.54) is 16.0 Å². The highest BCUT2D eigenvalue weighted by molar-refractivity contribution is 7.99. The number of carbonyl (C=O) groups excluding carboxylic acids is 1. The van der Waals surface area contributed by atoms with E-state index in [0.29, 0.717) is 6.42 Å². The smallest absolute Gasteiger partial charge is 0.227 e. The van der Waals surface area contributed by atoms with Gasteiger partial charge in [-0.3, -0.25) is 4.79 Å². The van der Waals surface area contributed by atoms with Gasteiger partial charge in [0.2, 0.25) is 5.91 Å². The zero-order valence-electron chi connectivity index (χ0n) is 13.1. The molecule has 2 nitrogen and oxygen atoms in total. The van der Waals surface area contributed by atoms with Gasteiger partial charge in [-0.2, -0.15) is 0 Å². The lowest BCUT2D eigenvalue weighted by molar-refractivity contribution is -0.119. The molecular formula is C20H25NOS. The van der Waals surface area contributed by atoms with E-state index < -0.39 is 0 Å². The quantitative estimate of drug-likeness (QED) is 0.730. The van der Waals surface area contributed by atoms with Gasteiger partial charge in [-0.25, -0.2) is 0 Å². The third kappa shape index (κ3) is 3.97. The predicted octanol–water partition coefficient (Wildman–Crippen LogP) is 5.61. The van der Waals surface area contributed by atoms with E-state index in [-0.39, 0.29) is 13.3 Å². The highest BCUT2D eigenvalue weighted by atomic mass is 32.2. The summed E-state index contributed by atoms with van der Waals surface area (Å²) in [4.78, 5) is 16.6. The maximum absolute atomic E-state index is 12.2. The van der Waals surface area contributed by atoms with E-state index >= 15 is 0 Å². The molecule has 1 aliphatic rings. The minimum absolute atomic E-state index is 0. The van der Waals surface area contributed by atoms with Gasteiger partial charge in [0.1, 0.15) is 0 Å². The van der Waals surface area contributed by atoms with Crippen LogP contribution in [-0.4, -0.2) is 12.5 Å². The van der Waals surface area contributed by atoms with Gasteiger partial charge in [0.05, 0.1) is 5.69 Å². The minimum atomic E-state index is 0. The third-order valence-corrected chi connectivity index (χ3v) is 5.27. The fourth-order valence-electron chi connectivity index (χ4n) is 2.86. The molecule has 0 bridgehead atoms. The Balaban J connectivity index is 0.00000192. The van der Waals surface area contributed by atoms with Crippen molar-refractivity contribution in [3.05, 3.63) is 53.6 Å². The van der Waals surface area contributed by atoms with Crippen LogP contribution in [0.25, 0.3) is 0 Å². The molecule has 0 atom stereocenters. The number of para-hydroxylation sites is 1. The largest absolute Gasteiger partial charge is 0.311 e. The van der Waals surface area contributed by atoms with Crippen LogP contribution in [0.4, 0.5) is 5.69 Å². The molecule has 3 heteroatoms. The van der Waals surface area contributed by atoms with E-state index in [9.17, 15) is 4.79 Å². The van der Waals surface area contributed by atoms with Crippen molar-refractivity contribution < 1.29 is 4.79 Å². The molecule has 0 N–H and O–H groups in total. The molecule has 1 saturated heterocycles. The van der Waals surface area contributed by atoms with Crippen molar-refractivity contribution in [1.29, 1.82) is 0 Å². The molecule has 2 aromatic rings. The van der Waals surface area contributed by atoms with Crippen LogP contribution in [0.15, 0.2) is 52.3 Å². The van der Waals surface area contributed by atoms with Crippen LogP contribution in [0, 0.1) is 13.8 Å². The topological polar surface area (TPSA) is 20.3 Å². The Labute approximate surface area is 143 Å². The number of hydrogen-bond acceptors (Lipinski definition) is 2. The van der Waals surface area contributed by atoms with Crippen molar-refractivity contribution in [3.8, 4) is 0 Å². The zero-order valence-corrected chi connectivity index (χ0v) is 14.0. The van der Waals surface area contributed by atoms with Gasteiger partial charge in [0.15, 0.2) is 0 Å². The first-order chi connectivity index (χ1) is 10.6. The summed E-state index contributed by atoms with van der Waals surface area (Å²) >= 11 is 1.75. The summed E-state index contributed by atoms with van der Waals surface area (Å²) < 4.78 is 0. The maximum atomic E-state index is 12.2. The molecule has 0 saturated carbocycles. The fourth-order valence-corrected chi connectivity index (χ4v) is 3.88. The van der Waals surface area contributed by atoms with Crippen LogP contribution >= 0.6 is 11.8 Å².